The minimum Gasteiger partial charge on any atom is -0.383 e. The molecule has 0 bridgehead atoms. The SMILES string of the molecule is CN=C(NCc1sc(C)nc1C)NCc1c(C)nn(CCOC)c1C. The maximum atomic E-state index is 5.14. The van der Waals surface area contributed by atoms with Gasteiger partial charge in [0, 0.05) is 36.8 Å². The van der Waals surface area contributed by atoms with Crippen LogP contribution in [0, 0.1) is 27.7 Å². The van der Waals surface area contributed by atoms with Crippen LogP contribution in [-0.2, 0) is 24.4 Å². The minimum atomic E-state index is 0.658. The van der Waals surface area contributed by atoms with Gasteiger partial charge in [0.25, 0.3) is 0 Å². The zero-order valence-electron chi connectivity index (χ0n) is 15.9. The summed E-state index contributed by atoms with van der Waals surface area (Å²) < 4.78 is 7.14. The summed E-state index contributed by atoms with van der Waals surface area (Å²) >= 11 is 1.72. The van der Waals surface area contributed by atoms with Crippen molar-refractivity contribution in [3.05, 3.63) is 32.5 Å². The maximum absolute atomic E-state index is 5.14. The molecular formula is C17H28N6OS. The van der Waals surface area contributed by atoms with Crippen molar-refractivity contribution in [1.29, 1.82) is 0 Å². The molecule has 2 aromatic rings. The van der Waals surface area contributed by atoms with Crippen molar-refractivity contribution in [2.24, 2.45) is 4.99 Å². The van der Waals surface area contributed by atoms with Crippen LogP contribution in [0.4, 0.5) is 0 Å². The molecular weight excluding hydrogens is 336 g/mol. The molecule has 2 heterocycles. The fourth-order valence-electron chi connectivity index (χ4n) is 2.68. The van der Waals surface area contributed by atoms with Crippen molar-refractivity contribution in [2.75, 3.05) is 20.8 Å². The van der Waals surface area contributed by atoms with Crippen molar-refractivity contribution in [2.45, 2.75) is 47.3 Å². The molecule has 7 nitrogen and oxygen atoms in total. The van der Waals surface area contributed by atoms with E-state index in [2.05, 4.69) is 32.6 Å². The number of nitrogens with one attached hydrogen (secondary N) is 2. The summed E-state index contributed by atoms with van der Waals surface area (Å²) in [7, 11) is 3.48. The summed E-state index contributed by atoms with van der Waals surface area (Å²) in [5, 5.41) is 12.4. The van der Waals surface area contributed by atoms with Crippen LogP contribution in [-0.4, -0.2) is 41.5 Å². The van der Waals surface area contributed by atoms with Crippen molar-refractivity contribution < 1.29 is 4.74 Å². The molecule has 2 rings (SSSR count). The normalized spacial score (nSPS) is 11.8. The number of hydrogen-bond donors (Lipinski definition) is 2. The quantitative estimate of drug-likeness (QED) is 0.581. The number of ether oxygens (including phenoxy) is 1. The van der Waals surface area contributed by atoms with Crippen LogP contribution >= 0.6 is 11.3 Å². The van der Waals surface area contributed by atoms with Gasteiger partial charge in [0.15, 0.2) is 5.96 Å². The molecule has 0 saturated carbocycles. The summed E-state index contributed by atoms with van der Waals surface area (Å²) in [5.74, 6) is 0.772. The van der Waals surface area contributed by atoms with E-state index in [1.807, 2.05) is 25.5 Å². The molecule has 138 valence electrons. The average Bonchev–Trinajstić information content (AvgIpc) is 3.04. The van der Waals surface area contributed by atoms with Gasteiger partial charge in [-0.25, -0.2) is 4.98 Å². The Morgan fingerprint density at radius 3 is 2.48 bits per heavy atom. The molecule has 0 atom stereocenters. The second-order valence-electron chi connectivity index (χ2n) is 5.89. The van der Waals surface area contributed by atoms with Crippen molar-refractivity contribution in [3.8, 4) is 0 Å². The molecule has 0 fully saturated rings. The van der Waals surface area contributed by atoms with E-state index in [1.54, 1.807) is 25.5 Å². The highest BCUT2D eigenvalue weighted by Crippen LogP contribution is 2.16. The number of aromatic nitrogens is 3. The third-order valence-electron chi connectivity index (χ3n) is 4.11. The van der Waals surface area contributed by atoms with E-state index >= 15 is 0 Å². The number of aryl methyl sites for hydroxylation is 3. The van der Waals surface area contributed by atoms with Crippen molar-refractivity contribution in [1.82, 2.24) is 25.4 Å². The zero-order valence-corrected chi connectivity index (χ0v) is 16.8. The molecule has 0 aromatic carbocycles. The second-order valence-corrected chi connectivity index (χ2v) is 7.17. The van der Waals surface area contributed by atoms with Gasteiger partial charge in [0.05, 0.1) is 36.1 Å². The lowest BCUT2D eigenvalue weighted by Crippen LogP contribution is -2.36. The number of rotatable bonds is 7. The molecule has 2 aromatic heterocycles. The summed E-state index contributed by atoms with van der Waals surface area (Å²) in [5.41, 5.74) is 4.47. The fourth-order valence-corrected chi connectivity index (χ4v) is 3.56. The number of aliphatic imine (C=N–C) groups is 1. The Hall–Kier alpha value is -1.93. The molecule has 0 aliphatic heterocycles. The number of nitrogens with zero attached hydrogens (tertiary/aromatic N) is 4. The van der Waals surface area contributed by atoms with Crippen LogP contribution in [0.3, 0.4) is 0 Å². The molecule has 2 N–H and O–H groups in total. The first kappa shape index (κ1) is 19.4. The summed E-state index contributed by atoms with van der Waals surface area (Å²) in [6.45, 7) is 11.0. The number of methoxy groups -OCH3 is 1. The van der Waals surface area contributed by atoms with Crippen LogP contribution in [0.15, 0.2) is 4.99 Å². The van der Waals surface area contributed by atoms with Gasteiger partial charge >= 0.3 is 0 Å². The van der Waals surface area contributed by atoms with Gasteiger partial charge < -0.3 is 15.4 Å². The molecule has 25 heavy (non-hydrogen) atoms. The minimum absolute atomic E-state index is 0.658. The van der Waals surface area contributed by atoms with Crippen LogP contribution in [0.2, 0.25) is 0 Å². The highest BCUT2D eigenvalue weighted by atomic mass is 32.1. The zero-order chi connectivity index (χ0) is 18.4. The van der Waals surface area contributed by atoms with Gasteiger partial charge in [0.1, 0.15) is 0 Å². The predicted octanol–water partition coefficient (Wildman–Crippen LogP) is 2.08. The van der Waals surface area contributed by atoms with Gasteiger partial charge in [-0.15, -0.1) is 11.3 Å². The lowest BCUT2D eigenvalue weighted by Gasteiger charge is -2.12. The Labute approximate surface area is 153 Å². The van der Waals surface area contributed by atoms with E-state index in [4.69, 9.17) is 4.74 Å². The number of guanidine groups is 1. The highest BCUT2D eigenvalue weighted by molar-refractivity contribution is 7.11. The molecule has 0 aliphatic rings. The maximum Gasteiger partial charge on any atom is 0.191 e. The van der Waals surface area contributed by atoms with Crippen LogP contribution in [0.1, 0.15) is 32.5 Å². The predicted molar refractivity (Wildman–Crippen MR) is 102 cm³/mol. The first-order chi connectivity index (χ1) is 12.0. The van der Waals surface area contributed by atoms with E-state index in [0.717, 1.165) is 41.1 Å². The largest absolute Gasteiger partial charge is 0.383 e. The van der Waals surface area contributed by atoms with E-state index in [1.165, 1.54) is 10.4 Å². The molecule has 0 saturated heterocycles. The Kier molecular flexibility index (Phi) is 6.95. The van der Waals surface area contributed by atoms with Crippen molar-refractivity contribution in [3.63, 3.8) is 0 Å². The fraction of sp³-hybridized carbons (Fsp3) is 0.588. The summed E-state index contributed by atoms with van der Waals surface area (Å²) in [4.78, 5) is 9.99. The lowest BCUT2D eigenvalue weighted by molar-refractivity contribution is 0.182. The van der Waals surface area contributed by atoms with E-state index < -0.39 is 0 Å². The van der Waals surface area contributed by atoms with E-state index in [9.17, 15) is 0 Å². The Bertz CT molecular complexity index is 734. The second kappa shape index (κ2) is 8.96. The standard InChI is InChI=1S/C17H28N6OS/c1-11-15(13(3)23(22-11)7-8-24-6)9-19-17(18-5)20-10-16-12(2)21-14(4)25-16/h7-10H2,1-6H3,(H2,18,19,20). The van der Waals surface area contributed by atoms with Crippen LogP contribution in [0.5, 0.6) is 0 Å². The molecule has 0 spiro atoms. The first-order valence-corrected chi connectivity index (χ1v) is 9.17. The Morgan fingerprint density at radius 2 is 1.88 bits per heavy atom. The third-order valence-corrected chi connectivity index (χ3v) is 5.18. The Morgan fingerprint density at radius 1 is 1.16 bits per heavy atom. The third kappa shape index (κ3) is 5.02. The molecule has 0 unspecified atom stereocenters. The van der Waals surface area contributed by atoms with Gasteiger partial charge in [-0.1, -0.05) is 0 Å². The van der Waals surface area contributed by atoms with Gasteiger partial charge in [-0.2, -0.15) is 5.10 Å². The number of hydrogen-bond acceptors (Lipinski definition) is 5. The van der Waals surface area contributed by atoms with Gasteiger partial charge in [-0.3, -0.25) is 9.67 Å². The molecule has 0 radical (unpaired) electrons. The highest BCUT2D eigenvalue weighted by Gasteiger charge is 2.12. The van der Waals surface area contributed by atoms with E-state index in [0.29, 0.717) is 13.2 Å². The van der Waals surface area contributed by atoms with E-state index in [-0.39, 0.29) is 0 Å². The molecule has 0 aliphatic carbocycles. The topological polar surface area (TPSA) is 76.4 Å². The average molecular weight is 365 g/mol. The smallest absolute Gasteiger partial charge is 0.191 e. The van der Waals surface area contributed by atoms with Crippen molar-refractivity contribution >= 4 is 17.3 Å². The monoisotopic (exact) mass is 364 g/mol. The number of thiazole rings is 1. The van der Waals surface area contributed by atoms with Crippen LogP contribution in [0.25, 0.3) is 0 Å². The summed E-state index contributed by atoms with van der Waals surface area (Å²) in [6, 6.07) is 0. The van der Waals surface area contributed by atoms with Crippen LogP contribution < -0.4 is 10.6 Å². The first-order valence-electron chi connectivity index (χ1n) is 8.35. The van der Waals surface area contributed by atoms with Gasteiger partial charge in [-0.05, 0) is 27.7 Å². The summed E-state index contributed by atoms with van der Waals surface area (Å²) in [6.07, 6.45) is 0. The van der Waals surface area contributed by atoms with Gasteiger partial charge in [0.2, 0.25) is 0 Å². The molecule has 0 amide bonds. The lowest BCUT2D eigenvalue weighted by atomic mass is 10.2. The molecule has 8 heteroatoms. The Balaban J connectivity index is 1.94.